The fraction of sp³-hybridized carbons (Fsp3) is 0.0345. The van der Waals surface area contributed by atoms with E-state index in [-0.39, 0.29) is 0 Å². The second kappa shape index (κ2) is 8.38. The predicted molar refractivity (Wildman–Crippen MR) is 137 cm³/mol. The minimum absolute atomic E-state index is 1.23. The number of benzene rings is 4. The maximum absolute atomic E-state index is 7.73. The predicted octanol–water partition coefficient (Wildman–Crippen LogP) is 8.11. The van der Waals surface area contributed by atoms with E-state index in [1.807, 2.05) is 0 Å². The molecule has 0 saturated carbocycles. The number of halogens is 1. The molecule has 0 aromatic heterocycles. The first-order valence-electron chi connectivity index (χ1n) is 10.6. The Balaban J connectivity index is 1.92. The van der Waals surface area contributed by atoms with Crippen molar-refractivity contribution in [3.63, 3.8) is 0 Å². The zero-order valence-corrected chi connectivity index (χ0v) is 20.3. The molecule has 0 fully saturated rings. The van der Waals surface area contributed by atoms with Gasteiger partial charge in [-0.15, -0.1) is 0 Å². The molecule has 0 bridgehead atoms. The first kappa shape index (κ1) is 20.1. The van der Waals surface area contributed by atoms with E-state index in [0.717, 1.165) is 0 Å². The third-order valence-corrected chi connectivity index (χ3v) is 14.1. The Morgan fingerprint density at radius 1 is 0.419 bits per heavy atom. The van der Waals surface area contributed by atoms with E-state index >= 15 is 0 Å². The first-order chi connectivity index (χ1) is 15.2. The normalized spacial score (nSPS) is 15.4. The third kappa shape index (κ3) is 3.60. The van der Waals surface area contributed by atoms with E-state index in [2.05, 4.69) is 127 Å². The van der Waals surface area contributed by atoms with Crippen molar-refractivity contribution in [2.24, 2.45) is 0 Å². The van der Waals surface area contributed by atoms with Gasteiger partial charge in [0.15, 0.2) is 0 Å². The van der Waals surface area contributed by atoms with Crippen LogP contribution in [0.3, 0.4) is 0 Å². The quantitative estimate of drug-likeness (QED) is 0.259. The van der Waals surface area contributed by atoms with Crippen LogP contribution in [0, 0.1) is 0 Å². The van der Waals surface area contributed by atoms with Crippen molar-refractivity contribution >= 4 is 42.3 Å². The fourth-order valence-electron chi connectivity index (χ4n) is 4.67. The summed E-state index contributed by atoms with van der Waals surface area (Å²) in [5.41, 5.74) is 7.49. The van der Waals surface area contributed by atoms with E-state index < -0.39 is 12.3 Å². The fourth-order valence-corrected chi connectivity index (χ4v) is 13.4. The second-order valence-corrected chi connectivity index (χ2v) is 18.2. The van der Waals surface area contributed by atoms with Crippen molar-refractivity contribution in [2.45, 2.75) is 5.76 Å². The summed E-state index contributed by atoms with van der Waals surface area (Å²) in [7, 11) is 7.73. The molecule has 2 heteroatoms. The minimum atomic E-state index is -3.19. The molecule has 150 valence electrons. The molecule has 0 saturated heterocycles. The van der Waals surface area contributed by atoms with Crippen LogP contribution in [0.1, 0.15) is 22.3 Å². The molecule has 0 atom stereocenters. The van der Waals surface area contributed by atoms with Gasteiger partial charge in [-0.1, -0.05) is 0 Å². The van der Waals surface area contributed by atoms with E-state index in [1.165, 1.54) is 42.2 Å². The monoisotopic (exact) mass is 480 g/mol. The van der Waals surface area contributed by atoms with Gasteiger partial charge in [0.1, 0.15) is 0 Å². The molecule has 0 radical (unpaired) electrons. The van der Waals surface area contributed by atoms with E-state index in [9.17, 15) is 0 Å². The maximum atomic E-state index is 7.73. The Kier molecular flexibility index (Phi) is 5.44. The first-order valence-corrected chi connectivity index (χ1v) is 17.5. The van der Waals surface area contributed by atoms with Crippen molar-refractivity contribution in [3.8, 4) is 0 Å². The molecule has 0 unspecified atom stereocenters. The standard InChI is InChI=1S/C29H23ClGe/c1-31(30)28(24-18-10-4-11-19-24)26(22-14-6-2-7-15-22)27(23-16-8-3-9-17-23)29(31)25-20-12-5-13-21-25/h2-21H,1H3. The molecule has 0 amide bonds. The van der Waals surface area contributed by atoms with Crippen molar-refractivity contribution in [1.29, 1.82) is 0 Å². The van der Waals surface area contributed by atoms with Crippen molar-refractivity contribution in [1.82, 2.24) is 0 Å². The average Bonchev–Trinajstić information content (AvgIpc) is 3.08. The summed E-state index contributed by atoms with van der Waals surface area (Å²) in [6.45, 7) is 0. The zero-order chi connectivity index (χ0) is 21.3. The van der Waals surface area contributed by atoms with Gasteiger partial charge >= 0.3 is 192 Å². The zero-order valence-electron chi connectivity index (χ0n) is 17.4. The summed E-state index contributed by atoms with van der Waals surface area (Å²) in [4.78, 5) is 0. The molecule has 4 aromatic carbocycles. The van der Waals surface area contributed by atoms with Crippen LogP contribution in [-0.4, -0.2) is 12.3 Å². The second-order valence-electron chi connectivity index (χ2n) is 7.97. The van der Waals surface area contributed by atoms with Crippen LogP contribution in [0.25, 0.3) is 20.0 Å². The number of hydrogen-bond acceptors (Lipinski definition) is 0. The van der Waals surface area contributed by atoms with Gasteiger partial charge in [0.2, 0.25) is 0 Å². The van der Waals surface area contributed by atoms with Gasteiger partial charge in [0, 0.05) is 0 Å². The summed E-state index contributed by atoms with van der Waals surface area (Å²) >= 11 is -3.19. The van der Waals surface area contributed by atoms with Gasteiger partial charge in [0.05, 0.1) is 0 Å². The molecule has 1 heterocycles. The number of hydrogen-bond donors (Lipinski definition) is 0. The molecule has 4 aromatic rings. The molecular formula is C29H23ClGe. The van der Waals surface area contributed by atoms with Gasteiger partial charge in [-0.05, 0) is 0 Å². The SMILES string of the molecule is [CH3][Ge]1([Cl])[C](c2ccccc2)=C(c2ccccc2)C(c2ccccc2)=[C]1c1ccccc1. The summed E-state index contributed by atoms with van der Waals surface area (Å²) in [5.74, 6) is 2.32. The molecular weight excluding hydrogens is 456 g/mol. The molecule has 1 aliphatic rings. The van der Waals surface area contributed by atoms with E-state index in [0.29, 0.717) is 0 Å². The van der Waals surface area contributed by atoms with Gasteiger partial charge in [-0.25, -0.2) is 0 Å². The molecule has 31 heavy (non-hydrogen) atoms. The van der Waals surface area contributed by atoms with Gasteiger partial charge in [-0.2, -0.15) is 0 Å². The van der Waals surface area contributed by atoms with Crippen molar-refractivity contribution in [3.05, 3.63) is 144 Å². The number of rotatable bonds is 4. The molecule has 0 N–H and O–H groups in total. The van der Waals surface area contributed by atoms with Crippen LogP contribution in [0.15, 0.2) is 121 Å². The average molecular weight is 480 g/mol. The van der Waals surface area contributed by atoms with Gasteiger partial charge < -0.3 is 0 Å². The van der Waals surface area contributed by atoms with Crippen molar-refractivity contribution < 1.29 is 0 Å². The van der Waals surface area contributed by atoms with Crippen LogP contribution >= 0.6 is 10.0 Å². The van der Waals surface area contributed by atoms with Gasteiger partial charge in [0.25, 0.3) is 0 Å². The molecule has 1 aliphatic heterocycles. The van der Waals surface area contributed by atoms with Crippen LogP contribution < -0.4 is 0 Å². The molecule has 0 nitrogen and oxygen atoms in total. The Labute approximate surface area is 191 Å². The summed E-state index contributed by atoms with van der Waals surface area (Å²) in [5, 5.41) is 0. The molecule has 0 spiro atoms. The molecule has 5 rings (SSSR count). The Bertz CT molecular complexity index is 1150. The van der Waals surface area contributed by atoms with Crippen LogP contribution in [-0.2, 0) is 0 Å². The summed E-state index contributed by atoms with van der Waals surface area (Å²) < 4.78 is 2.68. The number of allylic oxidation sites excluding steroid dienone is 2. The Morgan fingerprint density at radius 2 is 0.677 bits per heavy atom. The van der Waals surface area contributed by atoms with Crippen LogP contribution in [0.2, 0.25) is 5.76 Å². The Morgan fingerprint density at radius 3 is 0.968 bits per heavy atom. The summed E-state index contributed by atoms with van der Waals surface area (Å²) in [6.07, 6.45) is 0. The summed E-state index contributed by atoms with van der Waals surface area (Å²) in [6, 6.07) is 42.9. The molecule has 0 aliphatic carbocycles. The third-order valence-electron chi connectivity index (χ3n) is 5.94. The van der Waals surface area contributed by atoms with Crippen molar-refractivity contribution in [2.75, 3.05) is 0 Å². The van der Waals surface area contributed by atoms with Crippen LogP contribution in [0.4, 0.5) is 0 Å². The van der Waals surface area contributed by atoms with Gasteiger partial charge in [-0.3, -0.25) is 0 Å². The Hall–Kier alpha value is -2.81. The van der Waals surface area contributed by atoms with E-state index in [4.69, 9.17) is 10.0 Å². The van der Waals surface area contributed by atoms with E-state index in [1.54, 1.807) is 0 Å². The van der Waals surface area contributed by atoms with Crippen LogP contribution in [0.5, 0.6) is 0 Å². The topological polar surface area (TPSA) is 0 Å².